The maximum atomic E-state index is 12.8. The number of carbonyl (C=O) groups is 2. The normalized spacial score (nSPS) is 22.8. The van der Waals surface area contributed by atoms with E-state index in [4.69, 9.17) is 31.5 Å². The highest BCUT2D eigenvalue weighted by Crippen LogP contribution is 2.41. The Morgan fingerprint density at radius 3 is 2.30 bits per heavy atom. The van der Waals surface area contributed by atoms with Crippen LogP contribution in [0.5, 0.6) is 5.75 Å². The van der Waals surface area contributed by atoms with E-state index in [0.29, 0.717) is 27.4 Å². The van der Waals surface area contributed by atoms with Gasteiger partial charge in [0.1, 0.15) is 11.8 Å². The number of likely N-dealkylation sites (tertiary alicyclic amines) is 1. The van der Waals surface area contributed by atoms with Crippen molar-refractivity contribution in [2.24, 2.45) is 11.3 Å². The molecule has 1 aliphatic carbocycles. The Morgan fingerprint density at radius 1 is 1.07 bits per heavy atom. The molecule has 15 heteroatoms. The minimum Gasteiger partial charge on any atom is -0.490 e. The third-order valence-corrected chi connectivity index (χ3v) is 9.28. The summed E-state index contributed by atoms with van der Waals surface area (Å²) in [4.78, 5) is 26.6. The van der Waals surface area contributed by atoms with Crippen LogP contribution in [0, 0.1) is 22.7 Å². The molecule has 0 radical (unpaired) electrons. The van der Waals surface area contributed by atoms with E-state index in [1.54, 1.807) is 24.3 Å². The first-order valence-electron chi connectivity index (χ1n) is 15.4. The van der Waals surface area contributed by atoms with Crippen LogP contribution in [-0.2, 0) is 4.79 Å². The number of piperidine rings is 1. The van der Waals surface area contributed by atoms with Crippen molar-refractivity contribution in [2.75, 3.05) is 50.7 Å². The molecule has 4 fully saturated rings. The number of carbonyl (C=O) groups excluding carboxylic acids is 1. The summed E-state index contributed by atoms with van der Waals surface area (Å²) in [6.07, 6.45) is 0.909. The molecule has 1 amide bonds. The predicted molar refractivity (Wildman–Crippen MR) is 163 cm³/mol. The second-order valence-corrected chi connectivity index (χ2v) is 13.0. The van der Waals surface area contributed by atoms with E-state index in [0.717, 1.165) is 63.6 Å². The van der Waals surface area contributed by atoms with Gasteiger partial charge >= 0.3 is 12.1 Å². The van der Waals surface area contributed by atoms with E-state index in [2.05, 4.69) is 36.7 Å². The van der Waals surface area contributed by atoms with Crippen LogP contribution in [0.15, 0.2) is 30.3 Å². The third-order valence-electron chi connectivity index (χ3n) is 8.97. The fraction of sp³-hybridized carbons (Fsp3) is 0.581. The zero-order valence-corrected chi connectivity index (χ0v) is 26.0. The molecule has 0 unspecified atom stereocenters. The molecule has 4 heterocycles. The molecular formula is C31H37ClF3N7O4. The van der Waals surface area contributed by atoms with Gasteiger partial charge in [-0.05, 0) is 81.8 Å². The number of alkyl halides is 3. The Morgan fingerprint density at radius 2 is 1.74 bits per heavy atom. The van der Waals surface area contributed by atoms with Crippen molar-refractivity contribution < 1.29 is 32.6 Å². The van der Waals surface area contributed by atoms with Gasteiger partial charge in [-0.15, -0.1) is 10.2 Å². The van der Waals surface area contributed by atoms with E-state index >= 15 is 0 Å². The van der Waals surface area contributed by atoms with Crippen molar-refractivity contribution >= 4 is 29.3 Å². The fourth-order valence-electron chi connectivity index (χ4n) is 6.64. The zero-order valence-electron chi connectivity index (χ0n) is 25.2. The van der Waals surface area contributed by atoms with Gasteiger partial charge in [0, 0.05) is 50.2 Å². The van der Waals surface area contributed by atoms with Gasteiger partial charge in [-0.2, -0.15) is 18.4 Å². The molecule has 2 aromatic rings. The Kier molecular flexibility index (Phi) is 10.5. The van der Waals surface area contributed by atoms with Gasteiger partial charge < -0.3 is 30.3 Å². The Hall–Kier alpha value is -3.67. The van der Waals surface area contributed by atoms with E-state index in [1.165, 1.54) is 32.5 Å². The number of carboxylic acid groups (broad SMARTS) is 1. The summed E-state index contributed by atoms with van der Waals surface area (Å²) in [5.74, 6) is -0.560. The molecule has 4 aliphatic rings. The van der Waals surface area contributed by atoms with Gasteiger partial charge in [0.2, 0.25) is 0 Å². The number of hydrogen-bond donors (Lipinski definition) is 3. The number of ether oxygens (including phenoxy) is 1. The van der Waals surface area contributed by atoms with Crippen molar-refractivity contribution in [2.45, 2.75) is 56.8 Å². The predicted octanol–water partition coefficient (Wildman–Crippen LogP) is 3.88. The zero-order chi connectivity index (χ0) is 32.9. The molecule has 248 valence electrons. The van der Waals surface area contributed by atoms with Gasteiger partial charge in [0.15, 0.2) is 11.5 Å². The number of halogens is 4. The molecule has 11 nitrogen and oxygen atoms in total. The first-order chi connectivity index (χ1) is 21.9. The summed E-state index contributed by atoms with van der Waals surface area (Å²) >= 11 is 6.11. The number of hydrogen-bond acceptors (Lipinski definition) is 9. The lowest BCUT2D eigenvalue weighted by molar-refractivity contribution is -0.192. The maximum absolute atomic E-state index is 12.8. The highest BCUT2D eigenvalue weighted by Gasteiger charge is 2.52. The molecule has 3 N–H and O–H groups in total. The van der Waals surface area contributed by atoms with Gasteiger partial charge in [-0.25, -0.2) is 4.79 Å². The monoisotopic (exact) mass is 663 g/mol. The summed E-state index contributed by atoms with van der Waals surface area (Å²) < 4.78 is 37.8. The van der Waals surface area contributed by atoms with E-state index in [1.807, 2.05) is 6.07 Å². The number of anilines is 1. The summed E-state index contributed by atoms with van der Waals surface area (Å²) in [6.45, 7) is 8.00. The number of benzene rings is 1. The molecule has 1 saturated carbocycles. The number of amides is 1. The van der Waals surface area contributed by atoms with Crippen LogP contribution < -0.4 is 20.3 Å². The van der Waals surface area contributed by atoms with Crippen molar-refractivity contribution in [3.63, 3.8) is 0 Å². The lowest BCUT2D eigenvalue weighted by Gasteiger charge is -2.61. The van der Waals surface area contributed by atoms with Crippen LogP contribution >= 0.6 is 11.6 Å². The Bertz CT molecular complexity index is 1410. The second kappa shape index (κ2) is 14.4. The number of carboxylic acids is 1. The van der Waals surface area contributed by atoms with Crippen LogP contribution in [0.3, 0.4) is 0 Å². The number of aliphatic carboxylic acids is 1. The number of nitrogens with zero attached hydrogens (tertiary/aromatic N) is 5. The number of nitriles is 1. The second-order valence-electron chi connectivity index (χ2n) is 12.6. The standard InChI is InChI=1S/C29H36ClN7O2.C2HF3O2/c30-25-13-24(4-1-21(25)14-31)39-23-5-2-22(3-6-23)33-28(38)26-7-8-27(35-34-26)37-18-29(19-37)16-36(17-29)15-20-9-11-32-12-10-20;3-2(4,5)1(6)7/h1,4,7-8,13,20,22-23,32H,2-3,5-6,9-12,15-19H2,(H,33,38);(H,6,7)/t22-,23-;. The number of nitrogens with one attached hydrogen (secondary N) is 2. The van der Waals surface area contributed by atoms with E-state index in [9.17, 15) is 18.0 Å². The van der Waals surface area contributed by atoms with Gasteiger partial charge in [-0.1, -0.05) is 11.6 Å². The molecule has 0 atom stereocenters. The molecular weight excluding hydrogens is 627 g/mol. The summed E-state index contributed by atoms with van der Waals surface area (Å²) in [6, 6.07) is 11.0. The van der Waals surface area contributed by atoms with Crippen LogP contribution in [0.4, 0.5) is 19.0 Å². The lowest BCUT2D eigenvalue weighted by Crippen LogP contribution is -2.72. The molecule has 46 heavy (non-hydrogen) atoms. The molecule has 3 saturated heterocycles. The average molecular weight is 664 g/mol. The number of rotatable bonds is 7. The maximum Gasteiger partial charge on any atom is 0.490 e. The van der Waals surface area contributed by atoms with E-state index in [-0.39, 0.29) is 18.1 Å². The third kappa shape index (κ3) is 8.57. The molecule has 0 bridgehead atoms. The van der Waals surface area contributed by atoms with Crippen molar-refractivity contribution in [1.29, 1.82) is 5.26 Å². The van der Waals surface area contributed by atoms with Gasteiger partial charge in [0.05, 0.1) is 16.7 Å². The first kappa shape index (κ1) is 33.7. The minimum absolute atomic E-state index is 0.0633. The molecule has 1 aromatic heterocycles. The minimum atomic E-state index is -5.08. The lowest BCUT2D eigenvalue weighted by atomic mass is 9.72. The Balaban J connectivity index is 0.000000537. The van der Waals surface area contributed by atoms with Crippen molar-refractivity contribution in [3.8, 4) is 11.8 Å². The largest absolute Gasteiger partial charge is 0.490 e. The van der Waals surface area contributed by atoms with Crippen LogP contribution in [-0.4, -0.2) is 96.2 Å². The molecule has 1 aromatic carbocycles. The highest BCUT2D eigenvalue weighted by molar-refractivity contribution is 6.31. The van der Waals surface area contributed by atoms with E-state index < -0.39 is 12.1 Å². The molecule has 3 aliphatic heterocycles. The number of aromatic nitrogens is 2. The van der Waals surface area contributed by atoms with Gasteiger partial charge in [0.25, 0.3) is 5.91 Å². The topological polar surface area (TPSA) is 144 Å². The molecule has 1 spiro atoms. The van der Waals surface area contributed by atoms with Crippen LogP contribution in [0.25, 0.3) is 0 Å². The Labute approximate surface area is 270 Å². The van der Waals surface area contributed by atoms with Gasteiger partial charge in [-0.3, -0.25) is 4.79 Å². The van der Waals surface area contributed by atoms with Crippen LogP contribution in [0.1, 0.15) is 54.6 Å². The first-order valence-corrected chi connectivity index (χ1v) is 15.8. The molecule has 6 rings (SSSR count). The smallest absolute Gasteiger partial charge is 0.490 e. The quantitative estimate of drug-likeness (QED) is 0.399. The summed E-state index contributed by atoms with van der Waals surface area (Å²) in [5, 5.41) is 31.7. The summed E-state index contributed by atoms with van der Waals surface area (Å²) in [5.41, 5.74) is 1.21. The highest BCUT2D eigenvalue weighted by atomic mass is 35.5. The fourth-order valence-corrected chi connectivity index (χ4v) is 6.85. The van der Waals surface area contributed by atoms with Crippen molar-refractivity contribution in [3.05, 3.63) is 46.6 Å². The van der Waals surface area contributed by atoms with Crippen LogP contribution in [0.2, 0.25) is 5.02 Å². The summed E-state index contributed by atoms with van der Waals surface area (Å²) in [7, 11) is 0. The average Bonchev–Trinajstić information content (AvgIpc) is 2.99. The van der Waals surface area contributed by atoms with Crippen molar-refractivity contribution in [1.82, 2.24) is 25.7 Å². The SMILES string of the molecule is N#Cc1ccc(O[C@H]2CC[C@H](NC(=O)c3ccc(N4CC5(CN(CC6CCNCC6)C5)C4)nn3)CC2)cc1Cl.O=C(O)C(F)(F)F.